The highest BCUT2D eigenvalue weighted by Gasteiger charge is 2.18. The number of carboxylic acids is 1. The van der Waals surface area contributed by atoms with Crippen LogP contribution in [0.5, 0.6) is 0 Å². The smallest absolute Gasteiger partial charge is 0.305 e. The Bertz CT molecular complexity index is 451. The molecule has 0 aromatic heterocycles. The summed E-state index contributed by atoms with van der Waals surface area (Å²) in [6, 6.07) is -0.287. The van der Waals surface area contributed by atoms with E-state index >= 15 is 0 Å². The van der Waals surface area contributed by atoms with E-state index in [1.807, 2.05) is 0 Å². The minimum absolute atomic E-state index is 0.283. The van der Waals surface area contributed by atoms with Gasteiger partial charge in [0.25, 0.3) is 0 Å². The van der Waals surface area contributed by atoms with E-state index in [1.165, 1.54) is 0 Å². The minimum Gasteiger partial charge on any atom is -0.481 e. The summed E-state index contributed by atoms with van der Waals surface area (Å²) >= 11 is 0. The normalized spacial score (nSPS) is 12.2. The lowest BCUT2D eigenvalue weighted by molar-refractivity contribution is -0.137. The van der Waals surface area contributed by atoms with E-state index < -0.39 is 42.3 Å². The van der Waals surface area contributed by atoms with Gasteiger partial charge in [0, 0.05) is 12.5 Å². The number of carboxylic acid groups (broad SMARTS) is 1. The van der Waals surface area contributed by atoms with Crippen molar-refractivity contribution in [2.24, 2.45) is 5.18 Å². The number of hydrogen-bond acceptors (Lipinski definition) is 3. The molecule has 0 aliphatic rings. The van der Waals surface area contributed by atoms with Crippen molar-refractivity contribution in [1.82, 2.24) is 0 Å². The first-order valence-electron chi connectivity index (χ1n) is 4.61. The number of aliphatic carboxylic acids is 1. The fourth-order valence-corrected chi connectivity index (χ4v) is 1.32. The van der Waals surface area contributed by atoms with Gasteiger partial charge in [-0.3, -0.25) is 4.79 Å². The van der Waals surface area contributed by atoms with Gasteiger partial charge in [-0.25, -0.2) is 13.2 Å². The summed E-state index contributed by atoms with van der Waals surface area (Å²) in [5, 5.41) is 10.9. The first kappa shape index (κ1) is 13.1. The predicted molar refractivity (Wildman–Crippen MR) is 51.9 cm³/mol. The second-order valence-corrected chi connectivity index (χ2v) is 3.42. The van der Waals surface area contributed by atoms with Gasteiger partial charge in [-0.2, -0.15) is 4.91 Å². The fraction of sp³-hybridized carbons (Fsp3) is 0.300. The molecule has 0 bridgehead atoms. The number of nitrogens with zero attached hydrogens (tertiary/aromatic N) is 1. The lowest BCUT2D eigenvalue weighted by Gasteiger charge is -2.07. The van der Waals surface area contributed by atoms with Crippen molar-refractivity contribution in [3.8, 4) is 0 Å². The van der Waals surface area contributed by atoms with Crippen LogP contribution in [0.2, 0.25) is 0 Å². The van der Waals surface area contributed by atoms with E-state index in [1.54, 1.807) is 0 Å². The lowest BCUT2D eigenvalue weighted by atomic mass is 10.0. The van der Waals surface area contributed by atoms with Crippen molar-refractivity contribution in [3.05, 3.63) is 40.1 Å². The first-order chi connectivity index (χ1) is 7.93. The maximum atomic E-state index is 13.2. The molecule has 0 aliphatic carbocycles. The third kappa shape index (κ3) is 3.54. The average molecular weight is 247 g/mol. The van der Waals surface area contributed by atoms with Gasteiger partial charge in [-0.05, 0) is 11.6 Å². The molecule has 0 saturated heterocycles. The van der Waals surface area contributed by atoms with Gasteiger partial charge < -0.3 is 5.11 Å². The molecule has 0 spiro atoms. The largest absolute Gasteiger partial charge is 0.481 e. The van der Waals surface area contributed by atoms with Crippen LogP contribution >= 0.6 is 0 Å². The maximum Gasteiger partial charge on any atom is 0.305 e. The van der Waals surface area contributed by atoms with E-state index in [4.69, 9.17) is 5.11 Å². The average Bonchev–Trinajstić information content (AvgIpc) is 2.24. The van der Waals surface area contributed by atoms with Crippen LogP contribution in [0.1, 0.15) is 12.0 Å². The summed E-state index contributed by atoms with van der Waals surface area (Å²) in [4.78, 5) is 20.6. The van der Waals surface area contributed by atoms with Gasteiger partial charge in [0.15, 0.2) is 11.6 Å². The summed E-state index contributed by atoms with van der Waals surface area (Å²) in [5.41, 5.74) is -0.283. The van der Waals surface area contributed by atoms with E-state index in [9.17, 15) is 22.9 Å². The first-order valence-corrected chi connectivity index (χ1v) is 4.61. The third-order valence-electron chi connectivity index (χ3n) is 2.10. The molecule has 17 heavy (non-hydrogen) atoms. The number of halogens is 3. The Morgan fingerprint density at radius 3 is 2.35 bits per heavy atom. The quantitative estimate of drug-likeness (QED) is 0.641. The van der Waals surface area contributed by atoms with Gasteiger partial charge in [0.1, 0.15) is 11.9 Å². The highest BCUT2D eigenvalue weighted by molar-refractivity contribution is 5.67. The van der Waals surface area contributed by atoms with Crippen molar-refractivity contribution in [1.29, 1.82) is 0 Å². The van der Waals surface area contributed by atoms with Crippen LogP contribution in [0.15, 0.2) is 17.3 Å². The van der Waals surface area contributed by atoms with Crippen molar-refractivity contribution in [3.63, 3.8) is 0 Å². The number of rotatable bonds is 5. The molecule has 0 heterocycles. The molecule has 1 atom stereocenters. The number of benzene rings is 1. The molecular weight excluding hydrogens is 239 g/mol. The SMILES string of the molecule is O=NC(CC(=O)O)Cc1cc(F)c(F)cc1F. The molecule has 1 rings (SSSR count). The number of nitroso groups, excluding NO2 is 1. The van der Waals surface area contributed by atoms with Crippen LogP contribution in [0, 0.1) is 22.4 Å². The molecule has 1 N–H and O–H groups in total. The zero-order valence-corrected chi connectivity index (χ0v) is 8.49. The second kappa shape index (κ2) is 5.42. The molecule has 7 heteroatoms. The van der Waals surface area contributed by atoms with Crippen LogP contribution in [0.25, 0.3) is 0 Å². The van der Waals surface area contributed by atoms with Crippen LogP contribution < -0.4 is 0 Å². The Morgan fingerprint density at radius 1 is 1.24 bits per heavy atom. The van der Waals surface area contributed by atoms with Crippen molar-refractivity contribution in [2.45, 2.75) is 18.9 Å². The molecule has 1 aromatic carbocycles. The van der Waals surface area contributed by atoms with E-state index in [-0.39, 0.29) is 5.56 Å². The van der Waals surface area contributed by atoms with Gasteiger partial charge in [-0.15, -0.1) is 0 Å². The Morgan fingerprint density at radius 2 is 1.82 bits per heavy atom. The molecule has 0 amide bonds. The third-order valence-corrected chi connectivity index (χ3v) is 2.10. The summed E-state index contributed by atoms with van der Waals surface area (Å²) in [5.74, 6) is -4.93. The zero-order valence-electron chi connectivity index (χ0n) is 8.49. The standard InChI is InChI=1S/C10H8F3NO3/c11-7-4-9(13)8(12)2-5(7)1-6(14-17)3-10(15)16/h2,4,6H,1,3H2,(H,15,16). The highest BCUT2D eigenvalue weighted by Crippen LogP contribution is 2.17. The monoisotopic (exact) mass is 247 g/mol. The van der Waals surface area contributed by atoms with Gasteiger partial charge >= 0.3 is 5.97 Å². The zero-order chi connectivity index (χ0) is 13.0. The summed E-state index contributed by atoms with van der Waals surface area (Å²) in [7, 11) is 0. The van der Waals surface area contributed by atoms with Crippen molar-refractivity contribution < 1.29 is 23.1 Å². The Labute approximate surface area is 94.0 Å². The molecule has 0 radical (unpaired) electrons. The minimum atomic E-state index is -1.35. The van der Waals surface area contributed by atoms with Gasteiger partial charge in [-0.1, -0.05) is 5.18 Å². The van der Waals surface area contributed by atoms with Crippen LogP contribution in [-0.4, -0.2) is 17.1 Å². The van der Waals surface area contributed by atoms with E-state index in [0.29, 0.717) is 12.1 Å². The van der Waals surface area contributed by atoms with E-state index in [0.717, 1.165) is 0 Å². The topological polar surface area (TPSA) is 66.7 Å². The van der Waals surface area contributed by atoms with Crippen molar-refractivity contribution in [2.75, 3.05) is 0 Å². The molecule has 0 fully saturated rings. The predicted octanol–water partition coefficient (Wildman–Crippen LogP) is 2.26. The second-order valence-electron chi connectivity index (χ2n) is 3.42. The van der Waals surface area contributed by atoms with Crippen LogP contribution in [0.3, 0.4) is 0 Å². The lowest BCUT2D eigenvalue weighted by Crippen LogP contribution is -2.15. The molecule has 1 unspecified atom stereocenters. The Balaban J connectivity index is 2.89. The molecule has 1 aromatic rings. The number of carbonyl (C=O) groups is 1. The summed E-state index contributed by atoms with van der Waals surface area (Å²) in [6.07, 6.45) is -0.985. The van der Waals surface area contributed by atoms with Crippen molar-refractivity contribution >= 4 is 5.97 Å². The molecule has 0 saturated carbocycles. The highest BCUT2D eigenvalue weighted by atomic mass is 19.2. The van der Waals surface area contributed by atoms with Gasteiger partial charge in [0.2, 0.25) is 0 Å². The molecule has 0 aliphatic heterocycles. The van der Waals surface area contributed by atoms with Crippen LogP contribution in [0.4, 0.5) is 13.2 Å². The Hall–Kier alpha value is -1.92. The van der Waals surface area contributed by atoms with E-state index in [2.05, 4.69) is 5.18 Å². The summed E-state index contributed by atoms with van der Waals surface area (Å²) < 4.78 is 38.6. The number of hydrogen-bond donors (Lipinski definition) is 1. The Kier molecular flexibility index (Phi) is 4.19. The fourth-order valence-electron chi connectivity index (χ4n) is 1.32. The maximum absolute atomic E-state index is 13.2. The molecular formula is C10H8F3NO3. The van der Waals surface area contributed by atoms with Crippen LogP contribution in [-0.2, 0) is 11.2 Å². The molecule has 4 nitrogen and oxygen atoms in total. The van der Waals surface area contributed by atoms with Gasteiger partial charge in [0.05, 0.1) is 6.42 Å². The summed E-state index contributed by atoms with van der Waals surface area (Å²) in [6.45, 7) is 0. The molecule has 92 valence electrons.